The van der Waals surface area contributed by atoms with Gasteiger partial charge < -0.3 is 19.6 Å². The zero-order valence-corrected chi connectivity index (χ0v) is 25.7. The molecule has 3 aromatic rings. The number of amides is 1. The van der Waals surface area contributed by atoms with E-state index in [2.05, 4.69) is 29.3 Å². The number of aliphatic carboxylic acids is 1. The summed E-state index contributed by atoms with van der Waals surface area (Å²) in [5, 5.41) is 13.2. The molecular formula is C34H41N3O4S. The maximum Gasteiger partial charge on any atom is 0.310 e. The van der Waals surface area contributed by atoms with Crippen LogP contribution >= 0.6 is 11.3 Å². The zero-order valence-electron chi connectivity index (χ0n) is 24.9. The van der Waals surface area contributed by atoms with Gasteiger partial charge in [0.05, 0.1) is 11.1 Å². The van der Waals surface area contributed by atoms with Crippen molar-refractivity contribution in [3.8, 4) is 17.0 Å². The minimum Gasteiger partial charge on any atom is -0.488 e. The zero-order chi connectivity index (χ0) is 29.4. The van der Waals surface area contributed by atoms with E-state index in [0.29, 0.717) is 13.0 Å². The summed E-state index contributed by atoms with van der Waals surface area (Å²) >= 11 is 1.62. The van der Waals surface area contributed by atoms with E-state index in [1.54, 1.807) is 11.3 Å². The first-order valence-electron chi connectivity index (χ1n) is 15.4. The number of aromatic nitrogens is 1. The molecule has 3 atom stereocenters. The smallest absolute Gasteiger partial charge is 0.310 e. The van der Waals surface area contributed by atoms with E-state index in [-0.39, 0.29) is 17.7 Å². The number of hydrogen-bond donors (Lipinski definition) is 1. The molecule has 7 nitrogen and oxygen atoms in total. The number of thiazole rings is 1. The number of fused-ring (bicyclic) bond motifs is 2. The van der Waals surface area contributed by atoms with Crippen molar-refractivity contribution in [2.75, 3.05) is 31.1 Å². The number of ether oxygens (including phenoxy) is 1. The molecule has 0 spiro atoms. The Balaban J connectivity index is 1.17. The first kappa shape index (κ1) is 28.7. The Kier molecular flexibility index (Phi) is 8.01. The Labute approximate surface area is 252 Å². The molecule has 2 unspecified atom stereocenters. The van der Waals surface area contributed by atoms with Crippen LogP contribution in [0, 0.1) is 31.1 Å². The lowest BCUT2D eigenvalue weighted by molar-refractivity contribution is -0.155. The molecule has 1 amide bonds. The second-order valence-electron chi connectivity index (χ2n) is 12.4. The lowest BCUT2D eigenvalue weighted by Gasteiger charge is -2.44. The Bertz CT molecular complexity index is 1460. The standard InChI is InChI=1S/C34H41N3O4S/c1-4-34(32(39)40)26-11-12-27(34)19-37(18-26)33-35-29(21-42-33)28-16-22(2)8-13-30(28)41-20-25-10-9-24(17-23(25)3)31(38)36-14-6-5-7-15-36/h8-10,13,16-17,21,26-27H,4-7,11-12,14-15,18-20H2,1-3H3,(H,39,40)/t26-,27?,34?/m0/s1. The predicted molar refractivity (Wildman–Crippen MR) is 166 cm³/mol. The van der Waals surface area contributed by atoms with Crippen LogP contribution in [0.4, 0.5) is 5.13 Å². The van der Waals surface area contributed by atoms with Crippen LogP contribution in [-0.4, -0.2) is 53.0 Å². The first-order chi connectivity index (χ1) is 20.3. The average Bonchev–Trinajstić information content (AvgIpc) is 3.56. The molecule has 3 fully saturated rings. The van der Waals surface area contributed by atoms with E-state index in [4.69, 9.17) is 9.72 Å². The molecule has 0 radical (unpaired) electrons. The van der Waals surface area contributed by atoms with E-state index in [1.807, 2.05) is 43.0 Å². The molecule has 3 heterocycles. The molecule has 2 saturated heterocycles. The van der Waals surface area contributed by atoms with Crippen molar-refractivity contribution < 1.29 is 19.4 Å². The van der Waals surface area contributed by atoms with Crippen LogP contribution in [0.5, 0.6) is 5.75 Å². The summed E-state index contributed by atoms with van der Waals surface area (Å²) in [5.74, 6) is 0.592. The average molecular weight is 588 g/mol. The molecule has 1 N–H and O–H groups in total. The lowest BCUT2D eigenvalue weighted by atomic mass is 9.67. The number of carboxylic acid groups (broad SMARTS) is 1. The number of piperidine rings is 2. The van der Waals surface area contributed by atoms with Crippen molar-refractivity contribution >= 4 is 28.3 Å². The van der Waals surface area contributed by atoms with E-state index in [9.17, 15) is 14.7 Å². The summed E-state index contributed by atoms with van der Waals surface area (Å²) in [4.78, 5) is 34.6. The molecule has 42 heavy (non-hydrogen) atoms. The highest BCUT2D eigenvalue weighted by Crippen LogP contribution is 2.54. The number of carbonyl (C=O) groups excluding carboxylic acids is 1. The van der Waals surface area contributed by atoms with E-state index in [1.165, 1.54) is 6.42 Å². The molecular weight excluding hydrogens is 546 g/mol. The number of anilines is 1. The van der Waals surface area contributed by atoms with Gasteiger partial charge in [0.2, 0.25) is 0 Å². The molecule has 2 bridgehead atoms. The van der Waals surface area contributed by atoms with Gasteiger partial charge in [0, 0.05) is 42.7 Å². The van der Waals surface area contributed by atoms with Gasteiger partial charge in [-0.25, -0.2) is 4.98 Å². The number of carboxylic acids is 1. The van der Waals surface area contributed by atoms with Crippen LogP contribution in [0.15, 0.2) is 41.8 Å². The number of aryl methyl sites for hydroxylation is 2. The molecule has 3 aliphatic rings. The maximum absolute atomic E-state index is 13.0. The third-order valence-corrected chi connectivity index (χ3v) is 10.9. The fraction of sp³-hybridized carbons (Fsp3) is 0.500. The van der Waals surface area contributed by atoms with Gasteiger partial charge in [-0.15, -0.1) is 11.3 Å². The highest BCUT2D eigenvalue weighted by Gasteiger charge is 2.58. The monoisotopic (exact) mass is 587 g/mol. The van der Waals surface area contributed by atoms with Gasteiger partial charge in [-0.2, -0.15) is 0 Å². The van der Waals surface area contributed by atoms with Crippen molar-refractivity contribution in [1.29, 1.82) is 0 Å². The Hall–Kier alpha value is -3.39. The Morgan fingerprint density at radius 3 is 2.45 bits per heavy atom. The van der Waals surface area contributed by atoms with Gasteiger partial charge in [0.15, 0.2) is 5.13 Å². The molecule has 1 aromatic heterocycles. The van der Waals surface area contributed by atoms with Crippen molar-refractivity contribution in [2.24, 2.45) is 17.3 Å². The summed E-state index contributed by atoms with van der Waals surface area (Å²) in [5.41, 5.74) is 5.23. The molecule has 222 valence electrons. The fourth-order valence-electron chi connectivity index (χ4n) is 7.53. The van der Waals surface area contributed by atoms with Crippen LogP contribution < -0.4 is 9.64 Å². The molecule has 6 rings (SSSR count). The topological polar surface area (TPSA) is 83.0 Å². The Morgan fingerprint density at radius 2 is 1.79 bits per heavy atom. The van der Waals surface area contributed by atoms with E-state index < -0.39 is 11.4 Å². The van der Waals surface area contributed by atoms with E-state index >= 15 is 0 Å². The molecule has 2 aliphatic heterocycles. The van der Waals surface area contributed by atoms with Crippen LogP contribution in [-0.2, 0) is 11.4 Å². The van der Waals surface area contributed by atoms with Gasteiger partial charge in [0.25, 0.3) is 5.91 Å². The minimum absolute atomic E-state index is 0.121. The fourth-order valence-corrected chi connectivity index (χ4v) is 8.37. The Morgan fingerprint density at radius 1 is 1.05 bits per heavy atom. The minimum atomic E-state index is -0.628. The predicted octanol–water partition coefficient (Wildman–Crippen LogP) is 6.96. The highest BCUT2D eigenvalue weighted by atomic mass is 32.1. The van der Waals surface area contributed by atoms with Crippen LogP contribution in [0.1, 0.15) is 72.5 Å². The largest absolute Gasteiger partial charge is 0.488 e. The van der Waals surface area contributed by atoms with Gasteiger partial charge >= 0.3 is 5.97 Å². The van der Waals surface area contributed by atoms with Crippen molar-refractivity contribution in [2.45, 2.75) is 65.9 Å². The second-order valence-corrected chi connectivity index (χ2v) is 13.2. The number of nitrogens with zero attached hydrogens (tertiary/aromatic N) is 3. The summed E-state index contributed by atoms with van der Waals surface area (Å²) in [6.07, 6.45) is 6.01. The second kappa shape index (κ2) is 11.7. The number of benzene rings is 2. The van der Waals surface area contributed by atoms with Gasteiger partial charge in [-0.05, 0) is 99.6 Å². The normalized spacial score (nSPS) is 23.7. The molecule has 2 aromatic carbocycles. The number of rotatable bonds is 8. The van der Waals surface area contributed by atoms with Gasteiger partial charge in [-0.1, -0.05) is 24.6 Å². The summed E-state index contributed by atoms with van der Waals surface area (Å²) < 4.78 is 6.39. The third kappa shape index (κ3) is 5.19. The van der Waals surface area contributed by atoms with E-state index in [0.717, 1.165) is 96.3 Å². The van der Waals surface area contributed by atoms with Crippen LogP contribution in [0.2, 0.25) is 0 Å². The molecule has 1 saturated carbocycles. The molecule has 8 heteroatoms. The van der Waals surface area contributed by atoms with Crippen molar-refractivity contribution in [1.82, 2.24) is 9.88 Å². The number of carbonyl (C=O) groups is 2. The first-order valence-corrected chi connectivity index (χ1v) is 16.2. The van der Waals surface area contributed by atoms with Gasteiger partial charge in [-0.3, -0.25) is 9.59 Å². The summed E-state index contributed by atoms with van der Waals surface area (Å²) in [6, 6.07) is 12.1. The maximum atomic E-state index is 13.0. The van der Waals surface area contributed by atoms with Gasteiger partial charge in [0.1, 0.15) is 12.4 Å². The van der Waals surface area contributed by atoms with Crippen LogP contribution in [0.3, 0.4) is 0 Å². The molecule has 1 aliphatic carbocycles. The van der Waals surface area contributed by atoms with Crippen molar-refractivity contribution in [3.05, 3.63) is 64.0 Å². The summed E-state index contributed by atoms with van der Waals surface area (Å²) in [6.45, 7) is 9.73. The van der Waals surface area contributed by atoms with Crippen LogP contribution in [0.25, 0.3) is 11.3 Å². The SMILES string of the molecule is CCC1(C(=O)O)C2CC[C@H]1CN(c1nc(-c3cc(C)ccc3OCc3ccc(C(=O)N4CCCCC4)cc3C)cs1)C2. The van der Waals surface area contributed by atoms with Crippen molar-refractivity contribution in [3.63, 3.8) is 0 Å². The lowest BCUT2D eigenvalue weighted by Crippen LogP contribution is -2.53. The highest BCUT2D eigenvalue weighted by molar-refractivity contribution is 7.14. The summed E-state index contributed by atoms with van der Waals surface area (Å²) in [7, 11) is 0. The number of likely N-dealkylation sites (tertiary alicyclic amines) is 1. The third-order valence-electron chi connectivity index (χ3n) is 9.97. The number of hydrogen-bond acceptors (Lipinski definition) is 6. The quantitative estimate of drug-likeness (QED) is 0.307.